The molecule has 1 aliphatic carbocycles. The third-order valence-corrected chi connectivity index (χ3v) is 8.02. The molecule has 1 N–H and O–H groups in total. The van der Waals surface area contributed by atoms with Gasteiger partial charge >= 0.3 is 0 Å². The average Bonchev–Trinajstić information content (AvgIpc) is 3.19. The highest BCUT2D eigenvalue weighted by molar-refractivity contribution is 9.10. The Morgan fingerprint density at radius 1 is 1.11 bits per heavy atom. The second-order valence-corrected chi connectivity index (χ2v) is 10.6. The van der Waals surface area contributed by atoms with E-state index < -0.39 is 11.0 Å². The summed E-state index contributed by atoms with van der Waals surface area (Å²) in [5.74, 6) is 0.0625. The third-order valence-electron chi connectivity index (χ3n) is 6.55. The van der Waals surface area contributed by atoms with Crippen LogP contribution in [0.25, 0.3) is 11.8 Å². The van der Waals surface area contributed by atoms with E-state index in [0.717, 1.165) is 27.7 Å². The first kappa shape index (κ1) is 22.6. The Labute approximate surface area is 217 Å². The van der Waals surface area contributed by atoms with Gasteiger partial charge in [-0.05, 0) is 53.8 Å². The molecule has 1 aliphatic heterocycles. The smallest absolute Gasteiger partial charge is 0.271 e. The van der Waals surface area contributed by atoms with Crippen molar-refractivity contribution in [1.82, 2.24) is 4.57 Å². The van der Waals surface area contributed by atoms with Crippen LogP contribution in [0.15, 0.2) is 86.6 Å². The van der Waals surface area contributed by atoms with Crippen LogP contribution in [0.1, 0.15) is 34.7 Å². The van der Waals surface area contributed by atoms with E-state index in [1.54, 1.807) is 41.0 Å². The number of benzene rings is 3. The van der Waals surface area contributed by atoms with E-state index >= 15 is 0 Å². The first-order chi connectivity index (χ1) is 17.4. The van der Waals surface area contributed by atoms with Gasteiger partial charge in [-0.2, -0.15) is 0 Å². The molecule has 2 heterocycles. The minimum absolute atomic E-state index is 0.0240. The number of aromatic nitrogens is 1. The summed E-state index contributed by atoms with van der Waals surface area (Å²) in [6, 6.07) is 19.1. The number of hydrogen-bond donors (Lipinski definition) is 1. The van der Waals surface area contributed by atoms with Crippen LogP contribution in [0.2, 0.25) is 0 Å². The molecule has 0 saturated heterocycles. The van der Waals surface area contributed by atoms with E-state index in [4.69, 9.17) is 4.99 Å². The van der Waals surface area contributed by atoms with Crippen molar-refractivity contribution in [3.8, 4) is 5.75 Å². The summed E-state index contributed by atoms with van der Waals surface area (Å²) in [4.78, 5) is 30.3. The molecule has 0 saturated carbocycles. The van der Waals surface area contributed by atoms with Crippen molar-refractivity contribution in [2.75, 3.05) is 0 Å². The van der Waals surface area contributed by atoms with Gasteiger partial charge in [0.1, 0.15) is 5.75 Å². The fourth-order valence-corrected chi connectivity index (χ4v) is 6.28. The lowest BCUT2D eigenvalue weighted by Gasteiger charge is -2.30. The number of phenolic OH excluding ortho intramolecular Hbond substituents is 1. The van der Waals surface area contributed by atoms with Crippen molar-refractivity contribution in [3.63, 3.8) is 0 Å². The van der Waals surface area contributed by atoms with E-state index in [9.17, 15) is 20.0 Å². The molecule has 0 unspecified atom stereocenters. The van der Waals surface area contributed by atoms with E-state index in [0.29, 0.717) is 26.9 Å². The zero-order valence-corrected chi connectivity index (χ0v) is 21.1. The van der Waals surface area contributed by atoms with Crippen molar-refractivity contribution in [2.24, 2.45) is 4.99 Å². The molecule has 178 valence electrons. The Hall–Kier alpha value is -3.82. The number of phenols is 1. The Bertz CT molecular complexity index is 1790. The molecule has 0 radical (unpaired) electrons. The zero-order chi connectivity index (χ0) is 25.0. The Kier molecular flexibility index (Phi) is 5.46. The molecule has 4 aromatic rings. The lowest BCUT2D eigenvalue weighted by molar-refractivity contribution is -0.384. The molecule has 0 spiro atoms. The molecule has 7 nitrogen and oxygen atoms in total. The number of nitro benzene ring substituents is 1. The number of thiazole rings is 1. The molecule has 0 amide bonds. The topological polar surface area (TPSA) is 97.7 Å². The van der Waals surface area contributed by atoms with Crippen LogP contribution in [-0.4, -0.2) is 14.6 Å². The van der Waals surface area contributed by atoms with Crippen molar-refractivity contribution >= 4 is 44.7 Å². The maximum Gasteiger partial charge on any atom is 0.271 e. The summed E-state index contributed by atoms with van der Waals surface area (Å²) in [7, 11) is 0. The van der Waals surface area contributed by atoms with Gasteiger partial charge in [0, 0.05) is 27.7 Å². The molecule has 0 bridgehead atoms. The summed E-state index contributed by atoms with van der Waals surface area (Å²) in [5, 5.41) is 21.9. The molecular formula is C27H18BrN3O4S. The number of aromatic hydroxyl groups is 1. The van der Waals surface area contributed by atoms with Crippen molar-refractivity contribution < 1.29 is 10.0 Å². The van der Waals surface area contributed by atoms with Crippen LogP contribution < -0.4 is 14.9 Å². The normalized spacial score (nSPS) is 16.7. The van der Waals surface area contributed by atoms with Gasteiger partial charge < -0.3 is 5.11 Å². The Balaban J connectivity index is 1.64. The quantitative estimate of drug-likeness (QED) is 0.290. The molecule has 2 aliphatic rings. The number of non-ortho nitro benzene ring substituents is 1. The summed E-state index contributed by atoms with van der Waals surface area (Å²) in [6.45, 7) is 0. The molecule has 1 aromatic heterocycles. The molecule has 36 heavy (non-hydrogen) atoms. The van der Waals surface area contributed by atoms with Gasteiger partial charge in [-0.25, -0.2) is 4.99 Å². The van der Waals surface area contributed by atoms with Crippen LogP contribution in [0, 0.1) is 10.1 Å². The summed E-state index contributed by atoms with van der Waals surface area (Å²) < 4.78 is 2.84. The predicted molar refractivity (Wildman–Crippen MR) is 142 cm³/mol. The van der Waals surface area contributed by atoms with E-state index in [1.165, 1.54) is 23.0 Å². The number of nitrogens with zero attached hydrogens (tertiary/aromatic N) is 3. The lowest BCUT2D eigenvalue weighted by atomic mass is 9.83. The van der Waals surface area contributed by atoms with Gasteiger partial charge in [-0.15, -0.1) is 0 Å². The van der Waals surface area contributed by atoms with Gasteiger partial charge in [-0.3, -0.25) is 19.5 Å². The largest absolute Gasteiger partial charge is 0.507 e. The fourth-order valence-electron chi connectivity index (χ4n) is 4.91. The minimum Gasteiger partial charge on any atom is -0.507 e. The van der Waals surface area contributed by atoms with Crippen molar-refractivity contribution in [3.05, 3.63) is 129 Å². The van der Waals surface area contributed by atoms with Crippen LogP contribution in [-0.2, 0) is 6.42 Å². The second-order valence-electron chi connectivity index (χ2n) is 8.67. The Morgan fingerprint density at radius 2 is 1.94 bits per heavy atom. The third kappa shape index (κ3) is 3.71. The van der Waals surface area contributed by atoms with Gasteiger partial charge in [0.05, 0.1) is 21.2 Å². The average molecular weight is 560 g/mol. The molecule has 6 rings (SSSR count). The van der Waals surface area contributed by atoms with Crippen LogP contribution in [0.4, 0.5) is 5.69 Å². The van der Waals surface area contributed by atoms with E-state index in [-0.39, 0.29) is 17.0 Å². The maximum absolute atomic E-state index is 13.8. The summed E-state index contributed by atoms with van der Waals surface area (Å²) in [5.41, 5.74) is 4.92. The first-order valence-electron chi connectivity index (χ1n) is 11.3. The van der Waals surface area contributed by atoms with Crippen molar-refractivity contribution in [1.29, 1.82) is 0 Å². The standard InChI is InChI=1S/C27H18BrN3O4S/c28-18-9-11-22(32)17(12-18)14-23-26(33)30-25(16-5-3-6-19(13-16)31(34)35)21-10-8-15-4-1-2-7-20(15)24(21)29-27(30)36-23/h1-7,9,11-14,25,32H,8,10H2/b23-14+/t25-/m0/s1. The number of halogens is 1. The van der Waals surface area contributed by atoms with Crippen LogP contribution in [0.5, 0.6) is 5.75 Å². The van der Waals surface area contributed by atoms with E-state index in [1.807, 2.05) is 24.3 Å². The van der Waals surface area contributed by atoms with Gasteiger partial charge in [-0.1, -0.05) is 63.7 Å². The molecule has 9 heteroatoms. The van der Waals surface area contributed by atoms with Crippen LogP contribution >= 0.6 is 27.3 Å². The number of hydrogen-bond acceptors (Lipinski definition) is 6. The minimum atomic E-state index is -0.511. The number of nitro groups is 1. The van der Waals surface area contributed by atoms with Crippen molar-refractivity contribution in [2.45, 2.75) is 18.9 Å². The zero-order valence-electron chi connectivity index (χ0n) is 18.7. The van der Waals surface area contributed by atoms with Crippen LogP contribution in [0.3, 0.4) is 0 Å². The number of allylic oxidation sites excluding steroid dienone is 1. The van der Waals surface area contributed by atoms with Gasteiger partial charge in [0.15, 0.2) is 4.80 Å². The number of fused-ring (bicyclic) bond motifs is 3. The SMILES string of the molecule is O=c1/c(=C\c2cc(Br)ccc2O)sc2n1[C@@H](c1cccc([N+](=O)[O-])c1)C1=C(N=2)c2ccccc2CC1. The second kappa shape index (κ2) is 8.69. The monoisotopic (exact) mass is 559 g/mol. The molecule has 1 atom stereocenters. The fraction of sp³-hybridized carbons (Fsp3) is 0.111. The highest BCUT2D eigenvalue weighted by atomic mass is 79.9. The highest BCUT2D eigenvalue weighted by Crippen LogP contribution is 2.41. The number of aryl methyl sites for hydroxylation is 1. The molecular weight excluding hydrogens is 542 g/mol. The highest BCUT2D eigenvalue weighted by Gasteiger charge is 2.33. The summed E-state index contributed by atoms with van der Waals surface area (Å²) in [6.07, 6.45) is 3.15. The number of rotatable bonds is 3. The molecule has 0 fully saturated rings. The molecule has 3 aromatic carbocycles. The maximum atomic E-state index is 13.8. The van der Waals surface area contributed by atoms with E-state index in [2.05, 4.69) is 22.0 Å². The first-order valence-corrected chi connectivity index (χ1v) is 12.9. The Morgan fingerprint density at radius 3 is 2.78 bits per heavy atom. The lowest BCUT2D eigenvalue weighted by Crippen LogP contribution is -2.38. The summed E-state index contributed by atoms with van der Waals surface area (Å²) >= 11 is 4.65. The predicted octanol–water partition coefficient (Wildman–Crippen LogP) is 4.70. The van der Waals surface area contributed by atoms with Gasteiger partial charge in [0.2, 0.25) is 0 Å². The van der Waals surface area contributed by atoms with Gasteiger partial charge in [0.25, 0.3) is 11.2 Å².